The van der Waals surface area contributed by atoms with Crippen LogP contribution < -0.4 is 4.74 Å². The van der Waals surface area contributed by atoms with Crippen LogP contribution in [0.1, 0.15) is 17.6 Å². The fraction of sp³-hybridized carbons (Fsp3) is 0.250. The number of rotatable bonds is 2. The lowest BCUT2D eigenvalue weighted by Gasteiger charge is -2.06. The number of aromatic nitrogens is 1. The van der Waals surface area contributed by atoms with Crippen molar-refractivity contribution in [2.75, 3.05) is 7.11 Å². The van der Waals surface area contributed by atoms with Gasteiger partial charge in [-0.1, -0.05) is 0 Å². The zero-order chi connectivity index (χ0) is 10.7. The van der Waals surface area contributed by atoms with Gasteiger partial charge in [0.05, 0.1) is 12.7 Å². The molecule has 0 aliphatic heterocycles. The van der Waals surface area contributed by atoms with Gasteiger partial charge >= 0.3 is 0 Å². The maximum atomic E-state index is 12.3. The highest BCUT2D eigenvalue weighted by molar-refractivity contribution is 5.52. The first-order chi connectivity index (χ1) is 6.61. The second-order valence-corrected chi connectivity index (χ2v) is 2.36. The Morgan fingerprint density at radius 3 is 2.71 bits per heavy atom. The zero-order valence-electron chi connectivity index (χ0n) is 7.16. The third kappa shape index (κ3) is 1.57. The summed E-state index contributed by atoms with van der Waals surface area (Å²) in [7, 11) is 1.21. The van der Waals surface area contributed by atoms with Crippen molar-refractivity contribution in [2.45, 2.75) is 6.43 Å². The topological polar surface area (TPSA) is 66.1 Å². The van der Waals surface area contributed by atoms with Crippen LogP contribution in [0.15, 0.2) is 6.20 Å². The normalized spacial score (nSPS) is 9.93. The average Bonchev–Trinajstić information content (AvgIpc) is 2.17. The Labute approximate surface area is 78.4 Å². The lowest BCUT2D eigenvalue weighted by molar-refractivity contribution is 0.150. The molecule has 6 heteroatoms. The van der Waals surface area contributed by atoms with Crippen molar-refractivity contribution in [1.82, 2.24) is 4.98 Å². The van der Waals surface area contributed by atoms with Crippen LogP contribution in [-0.2, 0) is 0 Å². The molecule has 1 N–H and O–H groups in total. The quantitative estimate of drug-likeness (QED) is 0.787. The predicted molar refractivity (Wildman–Crippen MR) is 42.1 cm³/mol. The largest absolute Gasteiger partial charge is 0.502 e. The van der Waals surface area contributed by atoms with Crippen molar-refractivity contribution in [1.29, 1.82) is 5.26 Å². The molecule has 1 aromatic heterocycles. The molecule has 1 heterocycles. The van der Waals surface area contributed by atoms with E-state index in [2.05, 4.69) is 9.72 Å². The molecule has 1 rings (SSSR count). The van der Waals surface area contributed by atoms with Crippen LogP contribution in [0.5, 0.6) is 11.6 Å². The first-order valence-corrected chi connectivity index (χ1v) is 3.56. The minimum atomic E-state index is -2.85. The lowest BCUT2D eigenvalue weighted by Crippen LogP contribution is -1.96. The molecule has 0 saturated carbocycles. The zero-order valence-corrected chi connectivity index (χ0v) is 7.16. The molecule has 4 nitrogen and oxygen atoms in total. The molecular weight excluding hydrogens is 194 g/mol. The monoisotopic (exact) mass is 200 g/mol. The Bertz CT molecular complexity index is 388. The minimum absolute atomic E-state index is 0.244. The van der Waals surface area contributed by atoms with Crippen LogP contribution in [0.3, 0.4) is 0 Å². The predicted octanol–water partition coefficient (Wildman–Crippen LogP) is 1.61. The molecule has 0 aliphatic rings. The van der Waals surface area contributed by atoms with Crippen molar-refractivity contribution < 1.29 is 18.6 Å². The summed E-state index contributed by atoms with van der Waals surface area (Å²) in [4.78, 5) is 3.42. The Morgan fingerprint density at radius 1 is 1.64 bits per heavy atom. The number of nitrogens with zero attached hydrogens (tertiary/aromatic N) is 2. The SMILES string of the molecule is COc1ncc(C(F)F)c(C#N)c1O. The highest BCUT2D eigenvalue weighted by Crippen LogP contribution is 2.33. The van der Waals surface area contributed by atoms with Crippen LogP contribution in [0, 0.1) is 11.3 Å². The van der Waals surface area contributed by atoms with Crippen LogP contribution in [-0.4, -0.2) is 17.2 Å². The smallest absolute Gasteiger partial charge is 0.266 e. The van der Waals surface area contributed by atoms with Gasteiger partial charge in [0.25, 0.3) is 12.3 Å². The van der Waals surface area contributed by atoms with E-state index in [1.165, 1.54) is 13.2 Å². The van der Waals surface area contributed by atoms with E-state index in [0.717, 1.165) is 6.20 Å². The third-order valence-electron chi connectivity index (χ3n) is 1.59. The Balaban J connectivity index is 3.38. The molecule has 0 aliphatic carbocycles. The van der Waals surface area contributed by atoms with Gasteiger partial charge in [0.1, 0.15) is 11.6 Å². The molecule has 0 fully saturated rings. The van der Waals surface area contributed by atoms with Crippen molar-refractivity contribution in [2.24, 2.45) is 0 Å². The van der Waals surface area contributed by atoms with E-state index in [9.17, 15) is 13.9 Å². The number of pyridine rings is 1. The number of hydrogen-bond donors (Lipinski definition) is 1. The van der Waals surface area contributed by atoms with Gasteiger partial charge in [-0.3, -0.25) is 0 Å². The molecule has 14 heavy (non-hydrogen) atoms. The van der Waals surface area contributed by atoms with E-state index in [4.69, 9.17) is 5.26 Å². The van der Waals surface area contributed by atoms with E-state index >= 15 is 0 Å². The highest BCUT2D eigenvalue weighted by Gasteiger charge is 2.20. The van der Waals surface area contributed by atoms with E-state index in [1.807, 2.05) is 0 Å². The Hall–Kier alpha value is -1.90. The molecule has 0 aromatic carbocycles. The maximum Gasteiger partial charge on any atom is 0.266 e. The van der Waals surface area contributed by atoms with Crippen molar-refractivity contribution in [3.05, 3.63) is 17.3 Å². The number of ether oxygens (including phenoxy) is 1. The molecular formula is C8H6F2N2O2. The summed E-state index contributed by atoms with van der Waals surface area (Å²) in [5, 5.41) is 17.8. The molecule has 0 amide bonds. The van der Waals surface area contributed by atoms with Crippen molar-refractivity contribution in [3.63, 3.8) is 0 Å². The number of aromatic hydroxyl groups is 1. The first-order valence-electron chi connectivity index (χ1n) is 3.56. The molecule has 1 aromatic rings. The fourth-order valence-corrected chi connectivity index (χ4v) is 0.930. The summed E-state index contributed by atoms with van der Waals surface area (Å²) < 4.78 is 29.1. The number of halogens is 2. The Kier molecular flexibility index (Phi) is 2.82. The van der Waals surface area contributed by atoms with Gasteiger partial charge in [0, 0.05) is 6.20 Å². The standard InChI is InChI=1S/C8H6F2N2O2/c1-14-8-6(13)4(2-11)5(3-12-8)7(9)10/h3,7,13H,1H3. The van der Waals surface area contributed by atoms with Gasteiger partial charge < -0.3 is 9.84 Å². The first kappa shape index (κ1) is 10.2. The van der Waals surface area contributed by atoms with Gasteiger partial charge in [-0.25, -0.2) is 13.8 Å². The molecule has 0 spiro atoms. The van der Waals surface area contributed by atoms with E-state index < -0.39 is 23.3 Å². The second kappa shape index (κ2) is 3.87. The molecule has 0 saturated heterocycles. The van der Waals surface area contributed by atoms with Gasteiger partial charge in [0.2, 0.25) is 0 Å². The van der Waals surface area contributed by atoms with Crippen molar-refractivity contribution >= 4 is 0 Å². The highest BCUT2D eigenvalue weighted by atomic mass is 19.3. The van der Waals surface area contributed by atoms with Crippen LogP contribution in [0.4, 0.5) is 8.78 Å². The van der Waals surface area contributed by atoms with Gasteiger partial charge in [-0.15, -0.1) is 0 Å². The summed E-state index contributed by atoms with van der Waals surface area (Å²) >= 11 is 0. The lowest BCUT2D eigenvalue weighted by atomic mass is 10.1. The van der Waals surface area contributed by atoms with Crippen molar-refractivity contribution in [3.8, 4) is 17.7 Å². The van der Waals surface area contributed by atoms with Crippen LogP contribution in [0.25, 0.3) is 0 Å². The summed E-state index contributed by atoms with van der Waals surface area (Å²) in [6.07, 6.45) is -2.05. The van der Waals surface area contributed by atoms with Gasteiger partial charge in [-0.05, 0) is 0 Å². The Morgan fingerprint density at radius 2 is 2.29 bits per heavy atom. The summed E-state index contributed by atoms with van der Waals surface area (Å²) in [6.45, 7) is 0. The molecule has 0 radical (unpaired) electrons. The molecule has 0 atom stereocenters. The van der Waals surface area contributed by atoms with Gasteiger partial charge in [-0.2, -0.15) is 5.26 Å². The number of methoxy groups -OCH3 is 1. The third-order valence-corrected chi connectivity index (χ3v) is 1.59. The minimum Gasteiger partial charge on any atom is -0.502 e. The fourth-order valence-electron chi connectivity index (χ4n) is 0.930. The van der Waals surface area contributed by atoms with Crippen LogP contribution >= 0.6 is 0 Å². The summed E-state index contributed by atoms with van der Waals surface area (Å²) in [6, 6.07) is 1.47. The van der Waals surface area contributed by atoms with E-state index in [-0.39, 0.29) is 5.88 Å². The number of hydrogen-bond acceptors (Lipinski definition) is 4. The number of alkyl halides is 2. The maximum absolute atomic E-state index is 12.3. The molecule has 0 unspecified atom stereocenters. The van der Waals surface area contributed by atoms with Gasteiger partial charge in [0.15, 0.2) is 5.75 Å². The summed E-state index contributed by atoms with van der Waals surface area (Å²) in [5.41, 5.74) is -1.11. The average molecular weight is 200 g/mol. The van der Waals surface area contributed by atoms with Crippen LogP contribution in [0.2, 0.25) is 0 Å². The molecule has 0 bridgehead atoms. The molecule has 74 valence electrons. The van der Waals surface area contributed by atoms with E-state index in [0.29, 0.717) is 0 Å². The van der Waals surface area contributed by atoms with E-state index in [1.54, 1.807) is 0 Å². The second-order valence-electron chi connectivity index (χ2n) is 2.36. The summed E-state index contributed by atoms with van der Waals surface area (Å²) in [5.74, 6) is -0.904. The number of nitriles is 1.